The molecule has 1 saturated carbocycles. The molecule has 43 heavy (non-hydrogen) atoms. The maximum Gasteiger partial charge on any atom is 0.251 e. The molecule has 2 heterocycles. The van der Waals surface area contributed by atoms with Crippen molar-refractivity contribution in [1.82, 2.24) is 25.3 Å². The molecule has 8 nitrogen and oxygen atoms in total. The van der Waals surface area contributed by atoms with Gasteiger partial charge in [0.1, 0.15) is 5.82 Å². The Kier molecular flexibility index (Phi) is 12.5. The average Bonchev–Trinajstić information content (AvgIpc) is 3.54. The molecule has 0 unspecified atom stereocenters. The molecular weight excluding hydrogens is 565 g/mol. The van der Waals surface area contributed by atoms with Gasteiger partial charge in [-0.15, -0.1) is 11.3 Å². The van der Waals surface area contributed by atoms with E-state index in [9.17, 15) is 18.8 Å². The lowest BCUT2D eigenvalue weighted by atomic mass is 9.89. The molecular formula is C33H48FN5O3S. The van der Waals surface area contributed by atoms with Crippen LogP contribution in [0.15, 0.2) is 41.8 Å². The number of benzene rings is 1. The number of likely N-dealkylation sites (tertiary alicyclic amines) is 1. The summed E-state index contributed by atoms with van der Waals surface area (Å²) in [5.74, 6) is -1.47. The predicted octanol–water partition coefficient (Wildman–Crippen LogP) is 4.52. The van der Waals surface area contributed by atoms with Gasteiger partial charge in [0.05, 0.1) is 18.5 Å². The van der Waals surface area contributed by atoms with Gasteiger partial charge in [-0.1, -0.05) is 31.7 Å². The van der Waals surface area contributed by atoms with Crippen LogP contribution in [-0.2, 0) is 16.1 Å². The molecule has 1 saturated heterocycles. The molecule has 10 heteroatoms. The van der Waals surface area contributed by atoms with Gasteiger partial charge < -0.3 is 20.4 Å². The molecule has 1 aliphatic carbocycles. The van der Waals surface area contributed by atoms with Crippen molar-refractivity contribution in [1.29, 1.82) is 0 Å². The van der Waals surface area contributed by atoms with Crippen molar-refractivity contribution in [3.63, 3.8) is 0 Å². The van der Waals surface area contributed by atoms with E-state index >= 15 is 0 Å². The Hall–Kier alpha value is -2.82. The number of piperidine rings is 1. The number of nitrogens with zero attached hydrogens (tertiary/aromatic N) is 3. The third-order valence-corrected chi connectivity index (χ3v) is 9.84. The standard InChI is InChI=1S/C33H48FN5O3S/c1-37(2)19-8-7-13-30(38(3)26-10-5-4-6-11-26)33(42)39-20-18-29(36-31(40)24-14-16-25(34)17-15-24)28(23-39)32(41)35-22-27-12-9-21-43-27/h9,12,14-17,21,26,28-30H,4-8,10-11,13,18-20,22-23H2,1-3H3,(H,35,41)(H,36,40)/t28-,29+,30+/m0/s1. The van der Waals surface area contributed by atoms with Crippen LogP contribution in [0.3, 0.4) is 0 Å². The van der Waals surface area contributed by atoms with Crippen molar-refractivity contribution in [2.75, 3.05) is 40.8 Å². The lowest BCUT2D eigenvalue weighted by Gasteiger charge is -2.42. The quantitative estimate of drug-likeness (QED) is 0.325. The number of amides is 3. The third-order valence-electron chi connectivity index (χ3n) is 8.96. The highest BCUT2D eigenvalue weighted by atomic mass is 32.1. The van der Waals surface area contributed by atoms with E-state index in [0.29, 0.717) is 31.1 Å². The summed E-state index contributed by atoms with van der Waals surface area (Å²) < 4.78 is 13.4. The molecule has 4 rings (SSSR count). The SMILES string of the molecule is CN(C)CCCC[C@H](C(=O)N1CC[C@@H](NC(=O)c2ccc(F)cc2)[C@@H](C(=O)NCc2cccs2)C1)N(C)C1CCCCC1. The number of carbonyl (C=O) groups is 3. The molecule has 2 fully saturated rings. The lowest BCUT2D eigenvalue weighted by Crippen LogP contribution is -2.60. The summed E-state index contributed by atoms with van der Waals surface area (Å²) in [4.78, 5) is 48.3. The smallest absolute Gasteiger partial charge is 0.251 e. The molecule has 236 valence electrons. The van der Waals surface area contributed by atoms with Gasteiger partial charge in [-0.05, 0) is 95.5 Å². The first kappa shape index (κ1) is 33.1. The van der Waals surface area contributed by atoms with E-state index in [2.05, 4.69) is 41.6 Å². The van der Waals surface area contributed by atoms with Crippen LogP contribution in [0.2, 0.25) is 0 Å². The fraction of sp³-hybridized carbons (Fsp3) is 0.606. The van der Waals surface area contributed by atoms with Gasteiger partial charge in [0.15, 0.2) is 0 Å². The number of hydrogen-bond acceptors (Lipinski definition) is 6. The number of likely N-dealkylation sites (N-methyl/N-ethyl adjacent to an activating group) is 1. The van der Waals surface area contributed by atoms with E-state index in [1.807, 2.05) is 22.4 Å². The zero-order chi connectivity index (χ0) is 30.8. The second-order valence-corrected chi connectivity index (χ2v) is 13.4. The second-order valence-electron chi connectivity index (χ2n) is 12.3. The molecule has 2 N–H and O–H groups in total. The van der Waals surface area contributed by atoms with E-state index in [1.54, 1.807) is 11.3 Å². The minimum absolute atomic E-state index is 0.0808. The Bertz CT molecular complexity index is 1170. The van der Waals surface area contributed by atoms with E-state index in [0.717, 1.165) is 43.5 Å². The summed E-state index contributed by atoms with van der Waals surface area (Å²) in [6.07, 6.45) is 9.12. The molecule has 1 aromatic carbocycles. The van der Waals surface area contributed by atoms with Crippen LogP contribution in [0.5, 0.6) is 0 Å². The van der Waals surface area contributed by atoms with Crippen molar-refractivity contribution in [2.45, 2.75) is 82.5 Å². The summed E-state index contributed by atoms with van der Waals surface area (Å²) in [6.45, 7) is 2.10. The number of thiophene rings is 1. The van der Waals surface area contributed by atoms with Crippen molar-refractivity contribution in [3.8, 4) is 0 Å². The summed E-state index contributed by atoms with van der Waals surface area (Å²) in [7, 11) is 6.24. The number of carbonyl (C=O) groups excluding carboxylic acids is 3. The van der Waals surface area contributed by atoms with Crippen LogP contribution < -0.4 is 10.6 Å². The number of rotatable bonds is 13. The maximum absolute atomic E-state index is 14.2. The number of hydrogen-bond donors (Lipinski definition) is 2. The summed E-state index contributed by atoms with van der Waals surface area (Å²) >= 11 is 1.57. The number of nitrogens with one attached hydrogen (secondary N) is 2. The highest BCUT2D eigenvalue weighted by molar-refractivity contribution is 7.09. The fourth-order valence-electron chi connectivity index (χ4n) is 6.38. The molecule has 2 aliphatic rings. The highest BCUT2D eigenvalue weighted by Gasteiger charge is 2.40. The zero-order valence-electron chi connectivity index (χ0n) is 25.9. The maximum atomic E-state index is 14.2. The lowest BCUT2D eigenvalue weighted by molar-refractivity contribution is -0.142. The molecule has 0 bridgehead atoms. The molecule has 1 aliphatic heterocycles. The van der Waals surface area contributed by atoms with E-state index in [4.69, 9.17) is 0 Å². The topological polar surface area (TPSA) is 85.0 Å². The van der Waals surface area contributed by atoms with Crippen LogP contribution in [0.25, 0.3) is 0 Å². The Labute approximate surface area is 260 Å². The minimum Gasteiger partial charge on any atom is -0.351 e. The van der Waals surface area contributed by atoms with Gasteiger partial charge in [0.2, 0.25) is 11.8 Å². The van der Waals surface area contributed by atoms with Crippen LogP contribution in [0, 0.1) is 11.7 Å². The van der Waals surface area contributed by atoms with Crippen molar-refractivity contribution >= 4 is 29.1 Å². The van der Waals surface area contributed by atoms with Gasteiger partial charge in [0, 0.05) is 35.6 Å². The minimum atomic E-state index is -0.601. The zero-order valence-corrected chi connectivity index (χ0v) is 26.7. The largest absolute Gasteiger partial charge is 0.351 e. The fourth-order valence-corrected chi connectivity index (χ4v) is 7.03. The van der Waals surface area contributed by atoms with Crippen molar-refractivity contribution in [3.05, 3.63) is 58.0 Å². The second kappa shape index (κ2) is 16.3. The molecule has 3 amide bonds. The van der Waals surface area contributed by atoms with Gasteiger partial charge in [0.25, 0.3) is 5.91 Å². The van der Waals surface area contributed by atoms with Crippen LogP contribution >= 0.6 is 11.3 Å². The van der Waals surface area contributed by atoms with Crippen LogP contribution in [-0.4, -0.2) is 91.3 Å². The molecule has 0 radical (unpaired) electrons. The first-order chi connectivity index (χ1) is 20.7. The predicted molar refractivity (Wildman–Crippen MR) is 169 cm³/mol. The number of unbranched alkanes of at least 4 members (excludes halogenated alkanes) is 1. The summed E-state index contributed by atoms with van der Waals surface area (Å²) in [6, 6.07) is 9.02. The van der Waals surface area contributed by atoms with Gasteiger partial charge in [-0.3, -0.25) is 19.3 Å². The average molecular weight is 614 g/mol. The Morgan fingerprint density at radius 1 is 1.02 bits per heavy atom. The molecule has 0 spiro atoms. The summed E-state index contributed by atoms with van der Waals surface area (Å²) in [5.41, 5.74) is 0.338. The highest BCUT2D eigenvalue weighted by Crippen LogP contribution is 2.27. The van der Waals surface area contributed by atoms with Crippen molar-refractivity contribution in [2.24, 2.45) is 5.92 Å². The Morgan fingerprint density at radius 2 is 1.77 bits per heavy atom. The van der Waals surface area contributed by atoms with E-state index in [-0.39, 0.29) is 30.3 Å². The van der Waals surface area contributed by atoms with E-state index < -0.39 is 17.8 Å². The Balaban J connectivity index is 1.49. The Morgan fingerprint density at radius 3 is 2.44 bits per heavy atom. The van der Waals surface area contributed by atoms with Gasteiger partial charge >= 0.3 is 0 Å². The van der Waals surface area contributed by atoms with Crippen LogP contribution in [0.4, 0.5) is 4.39 Å². The normalized spacial score (nSPS) is 20.3. The van der Waals surface area contributed by atoms with Crippen molar-refractivity contribution < 1.29 is 18.8 Å². The molecule has 2 aromatic rings. The first-order valence-corrected chi connectivity index (χ1v) is 16.6. The van der Waals surface area contributed by atoms with E-state index in [1.165, 1.54) is 43.5 Å². The monoisotopic (exact) mass is 613 g/mol. The summed E-state index contributed by atoms with van der Waals surface area (Å²) in [5, 5.41) is 8.03. The molecule has 1 aromatic heterocycles. The molecule has 3 atom stereocenters. The van der Waals surface area contributed by atoms with Gasteiger partial charge in [-0.2, -0.15) is 0 Å². The van der Waals surface area contributed by atoms with Gasteiger partial charge in [-0.25, -0.2) is 4.39 Å². The van der Waals surface area contributed by atoms with Crippen LogP contribution in [0.1, 0.15) is 73.0 Å². The third kappa shape index (κ3) is 9.58. The number of halogens is 1. The first-order valence-electron chi connectivity index (χ1n) is 15.7.